The number of halogens is 2. The summed E-state index contributed by atoms with van der Waals surface area (Å²) in [4.78, 5) is 22.6. The minimum atomic E-state index is -3.00. The topological polar surface area (TPSA) is 84.1 Å². The van der Waals surface area contributed by atoms with Crippen molar-refractivity contribution in [3.63, 3.8) is 0 Å². The molecule has 0 saturated heterocycles. The average Bonchev–Trinajstić information content (AvgIpc) is 2.41. The number of nitrogens with one attached hydrogen (secondary N) is 2. The number of nitrogens with zero attached hydrogens (tertiary/aromatic N) is 1. The van der Waals surface area contributed by atoms with Gasteiger partial charge in [0.2, 0.25) is 0 Å². The molecule has 1 heterocycles. The normalized spacial score (nSPS) is 10.3. The molecule has 104 valence electrons. The Kier molecular flexibility index (Phi) is 4.04. The second-order valence-electron chi connectivity index (χ2n) is 3.64. The van der Waals surface area contributed by atoms with Gasteiger partial charge in [-0.15, -0.1) is 0 Å². The molecule has 8 heteroatoms. The lowest BCUT2D eigenvalue weighted by Gasteiger charge is -2.11. The van der Waals surface area contributed by atoms with Crippen LogP contribution in [0.5, 0.6) is 5.75 Å². The van der Waals surface area contributed by atoms with Crippen molar-refractivity contribution in [3.8, 4) is 5.75 Å². The SMILES string of the molecule is O=C(Nc1ccccc1OC(F)F)c1ccc(=O)[nH]n1. The van der Waals surface area contributed by atoms with E-state index in [1.165, 1.54) is 24.3 Å². The second kappa shape index (κ2) is 5.91. The van der Waals surface area contributed by atoms with Crippen molar-refractivity contribution in [1.29, 1.82) is 0 Å². The van der Waals surface area contributed by atoms with Crippen molar-refractivity contribution in [3.05, 3.63) is 52.4 Å². The maximum Gasteiger partial charge on any atom is 0.387 e. The number of benzene rings is 1. The largest absolute Gasteiger partial charge is 0.433 e. The van der Waals surface area contributed by atoms with E-state index in [2.05, 4.69) is 20.3 Å². The maximum absolute atomic E-state index is 12.2. The van der Waals surface area contributed by atoms with E-state index >= 15 is 0 Å². The first kappa shape index (κ1) is 13.7. The minimum Gasteiger partial charge on any atom is -0.433 e. The minimum absolute atomic E-state index is 0.0588. The highest BCUT2D eigenvalue weighted by molar-refractivity contribution is 6.03. The zero-order valence-corrected chi connectivity index (χ0v) is 9.97. The van der Waals surface area contributed by atoms with Crippen molar-refractivity contribution in [2.45, 2.75) is 6.61 Å². The molecule has 0 fully saturated rings. The third-order valence-electron chi connectivity index (χ3n) is 2.26. The predicted molar refractivity (Wildman–Crippen MR) is 65.9 cm³/mol. The molecule has 0 aliphatic heterocycles. The number of H-pyrrole nitrogens is 1. The second-order valence-corrected chi connectivity index (χ2v) is 3.64. The lowest BCUT2D eigenvalue weighted by atomic mass is 10.2. The number of para-hydroxylation sites is 2. The summed E-state index contributed by atoms with van der Waals surface area (Å²) in [5.41, 5.74) is -0.440. The number of ether oxygens (including phenoxy) is 1. The van der Waals surface area contributed by atoms with Gasteiger partial charge >= 0.3 is 6.61 Å². The van der Waals surface area contributed by atoms with Gasteiger partial charge in [-0.2, -0.15) is 13.9 Å². The van der Waals surface area contributed by atoms with Crippen LogP contribution in [-0.2, 0) is 0 Å². The molecule has 2 rings (SSSR count). The third-order valence-corrected chi connectivity index (χ3v) is 2.26. The molecule has 0 radical (unpaired) electrons. The van der Waals surface area contributed by atoms with Gasteiger partial charge in [-0.25, -0.2) is 5.10 Å². The standard InChI is InChI=1S/C12H9F2N3O3/c13-12(14)20-9-4-2-1-3-7(9)15-11(19)8-5-6-10(18)17-16-8/h1-6,12H,(H,15,19)(H,17,18). The lowest BCUT2D eigenvalue weighted by molar-refractivity contribution is -0.0493. The Bertz CT molecular complexity index is 652. The molecule has 0 bridgehead atoms. The number of aromatic amines is 1. The van der Waals surface area contributed by atoms with Crippen LogP contribution in [0.3, 0.4) is 0 Å². The molecule has 1 amide bonds. The van der Waals surface area contributed by atoms with E-state index in [9.17, 15) is 18.4 Å². The lowest BCUT2D eigenvalue weighted by Crippen LogP contribution is -2.18. The maximum atomic E-state index is 12.2. The number of anilines is 1. The number of hydrogen-bond acceptors (Lipinski definition) is 4. The first-order valence-corrected chi connectivity index (χ1v) is 5.47. The van der Waals surface area contributed by atoms with Crippen LogP contribution in [0.1, 0.15) is 10.5 Å². The van der Waals surface area contributed by atoms with Crippen LogP contribution in [0, 0.1) is 0 Å². The Hall–Kier alpha value is -2.77. The number of amides is 1. The Morgan fingerprint density at radius 1 is 1.25 bits per heavy atom. The number of aromatic nitrogens is 2. The van der Waals surface area contributed by atoms with Gasteiger partial charge in [-0.3, -0.25) is 9.59 Å². The van der Waals surface area contributed by atoms with Gasteiger partial charge in [-0.05, 0) is 18.2 Å². The molecule has 0 aliphatic carbocycles. The molecular weight excluding hydrogens is 272 g/mol. The van der Waals surface area contributed by atoms with Crippen LogP contribution in [0.15, 0.2) is 41.2 Å². The monoisotopic (exact) mass is 281 g/mol. The smallest absolute Gasteiger partial charge is 0.387 e. The number of carbonyl (C=O) groups excluding carboxylic acids is 1. The fourth-order valence-electron chi connectivity index (χ4n) is 1.43. The van der Waals surface area contributed by atoms with Crippen molar-refractivity contribution < 1.29 is 18.3 Å². The molecule has 6 nitrogen and oxygen atoms in total. The van der Waals surface area contributed by atoms with E-state index in [0.717, 1.165) is 6.07 Å². The Labute approximate surface area is 111 Å². The van der Waals surface area contributed by atoms with Gasteiger partial charge in [0, 0.05) is 6.07 Å². The van der Waals surface area contributed by atoms with Gasteiger partial charge < -0.3 is 10.1 Å². The summed E-state index contributed by atoms with van der Waals surface area (Å²) in [6.07, 6.45) is 0. The fraction of sp³-hybridized carbons (Fsp3) is 0.0833. The highest BCUT2D eigenvalue weighted by Crippen LogP contribution is 2.25. The van der Waals surface area contributed by atoms with Gasteiger partial charge in [0.1, 0.15) is 11.4 Å². The quantitative estimate of drug-likeness (QED) is 0.892. The van der Waals surface area contributed by atoms with Crippen LogP contribution in [0.4, 0.5) is 14.5 Å². The van der Waals surface area contributed by atoms with E-state index in [1.807, 2.05) is 0 Å². The van der Waals surface area contributed by atoms with Crippen LogP contribution in [0.2, 0.25) is 0 Å². The fourth-order valence-corrected chi connectivity index (χ4v) is 1.43. The molecule has 0 atom stereocenters. The number of hydrogen-bond donors (Lipinski definition) is 2. The van der Waals surface area contributed by atoms with Crippen molar-refractivity contribution in [2.75, 3.05) is 5.32 Å². The van der Waals surface area contributed by atoms with E-state index < -0.39 is 18.1 Å². The Morgan fingerprint density at radius 2 is 2.00 bits per heavy atom. The van der Waals surface area contributed by atoms with Crippen LogP contribution in [-0.4, -0.2) is 22.7 Å². The number of rotatable bonds is 4. The van der Waals surface area contributed by atoms with Gasteiger partial charge in [0.25, 0.3) is 11.5 Å². The first-order valence-electron chi connectivity index (χ1n) is 5.47. The Balaban J connectivity index is 2.19. The molecule has 0 aliphatic rings. The summed E-state index contributed by atoms with van der Waals surface area (Å²) in [5, 5.41) is 7.99. The summed E-state index contributed by atoms with van der Waals surface area (Å²) >= 11 is 0. The summed E-state index contributed by atoms with van der Waals surface area (Å²) in [6.45, 7) is -3.00. The molecule has 20 heavy (non-hydrogen) atoms. The van der Waals surface area contributed by atoms with Crippen molar-refractivity contribution in [1.82, 2.24) is 10.2 Å². The van der Waals surface area contributed by atoms with Crippen molar-refractivity contribution >= 4 is 11.6 Å². The summed E-state index contributed by atoms with van der Waals surface area (Å²) < 4.78 is 28.7. The zero-order chi connectivity index (χ0) is 14.5. The molecule has 1 aromatic carbocycles. The molecule has 0 spiro atoms. The number of alkyl halides is 2. The van der Waals surface area contributed by atoms with E-state index in [-0.39, 0.29) is 17.1 Å². The van der Waals surface area contributed by atoms with Crippen LogP contribution < -0.4 is 15.6 Å². The van der Waals surface area contributed by atoms with E-state index in [4.69, 9.17) is 0 Å². The Morgan fingerprint density at radius 3 is 2.65 bits per heavy atom. The van der Waals surface area contributed by atoms with Gasteiger partial charge in [0.05, 0.1) is 5.69 Å². The zero-order valence-electron chi connectivity index (χ0n) is 9.97. The van der Waals surface area contributed by atoms with Gasteiger partial charge in [0.15, 0.2) is 0 Å². The molecular formula is C12H9F2N3O3. The molecule has 0 unspecified atom stereocenters. The molecule has 0 saturated carbocycles. The van der Waals surface area contributed by atoms with Crippen molar-refractivity contribution in [2.24, 2.45) is 0 Å². The average molecular weight is 281 g/mol. The number of carbonyl (C=O) groups is 1. The van der Waals surface area contributed by atoms with E-state index in [0.29, 0.717) is 0 Å². The van der Waals surface area contributed by atoms with Crippen LogP contribution in [0.25, 0.3) is 0 Å². The van der Waals surface area contributed by atoms with E-state index in [1.54, 1.807) is 6.07 Å². The van der Waals surface area contributed by atoms with Gasteiger partial charge in [-0.1, -0.05) is 12.1 Å². The summed E-state index contributed by atoms with van der Waals surface area (Å²) in [7, 11) is 0. The summed E-state index contributed by atoms with van der Waals surface area (Å²) in [6, 6.07) is 8.08. The molecule has 2 N–H and O–H groups in total. The molecule has 2 aromatic rings. The first-order chi connectivity index (χ1) is 9.56. The summed E-state index contributed by atoms with van der Waals surface area (Å²) in [5.74, 6) is -0.827. The highest BCUT2D eigenvalue weighted by atomic mass is 19.3. The predicted octanol–water partition coefficient (Wildman–Crippen LogP) is 1.62. The van der Waals surface area contributed by atoms with Crippen LogP contribution >= 0.6 is 0 Å². The highest BCUT2D eigenvalue weighted by Gasteiger charge is 2.13. The third kappa shape index (κ3) is 3.37. The molecule has 1 aromatic heterocycles.